The average Bonchev–Trinajstić information content (AvgIpc) is 3.50. The Kier molecular flexibility index (Phi) is 5.79. The first-order valence-electron chi connectivity index (χ1n) is 12.2. The van der Waals surface area contributed by atoms with Crippen molar-refractivity contribution >= 4 is 17.3 Å². The number of anilines is 2. The molecular weight excluding hydrogens is 443 g/mol. The molecule has 6 rings (SSSR count). The third kappa shape index (κ3) is 4.21. The fourth-order valence-electron chi connectivity index (χ4n) is 5.12. The van der Waals surface area contributed by atoms with Gasteiger partial charge in [0.2, 0.25) is 0 Å². The van der Waals surface area contributed by atoms with E-state index in [4.69, 9.17) is 15.8 Å². The van der Waals surface area contributed by atoms with Crippen molar-refractivity contribution in [3.8, 4) is 11.4 Å². The summed E-state index contributed by atoms with van der Waals surface area (Å²) >= 11 is 0. The summed E-state index contributed by atoms with van der Waals surface area (Å²) in [5.41, 5.74) is 9.03. The Morgan fingerprint density at radius 3 is 2.80 bits per heavy atom. The van der Waals surface area contributed by atoms with Crippen molar-refractivity contribution in [3.05, 3.63) is 72.2 Å². The van der Waals surface area contributed by atoms with E-state index in [9.17, 15) is 4.39 Å². The van der Waals surface area contributed by atoms with E-state index in [1.54, 1.807) is 12.1 Å². The van der Waals surface area contributed by atoms with E-state index in [1.165, 1.54) is 6.07 Å². The van der Waals surface area contributed by atoms with Gasteiger partial charge in [-0.1, -0.05) is 18.2 Å². The number of hydrogen-bond acceptors (Lipinski definition) is 7. The number of benzene rings is 1. The van der Waals surface area contributed by atoms with Crippen LogP contribution in [-0.2, 0) is 0 Å². The van der Waals surface area contributed by atoms with E-state index >= 15 is 0 Å². The first-order valence-corrected chi connectivity index (χ1v) is 12.2. The number of nitrogens with zero attached hydrogens (tertiary/aromatic N) is 6. The first-order chi connectivity index (χ1) is 17.2. The molecule has 2 saturated heterocycles. The molecule has 0 unspecified atom stereocenters. The average molecular weight is 473 g/mol. The summed E-state index contributed by atoms with van der Waals surface area (Å²) < 4.78 is 15.8. The molecule has 3 N–H and O–H groups in total. The first kappa shape index (κ1) is 21.9. The molecule has 5 heterocycles. The molecule has 0 amide bonds. The Labute approximate surface area is 203 Å². The van der Waals surface area contributed by atoms with Gasteiger partial charge in [0.05, 0.1) is 17.9 Å². The molecule has 0 saturated carbocycles. The maximum atomic E-state index is 13.9. The van der Waals surface area contributed by atoms with Gasteiger partial charge in [0.1, 0.15) is 23.1 Å². The topological polar surface area (TPSA) is 87.6 Å². The summed E-state index contributed by atoms with van der Waals surface area (Å²) in [6, 6.07) is 17.5. The molecule has 8 nitrogen and oxygen atoms in total. The fourth-order valence-corrected chi connectivity index (χ4v) is 5.12. The van der Waals surface area contributed by atoms with Crippen LogP contribution in [0.25, 0.3) is 17.0 Å². The third-order valence-electron chi connectivity index (χ3n) is 6.91. The largest absolute Gasteiger partial charge is 0.353 e. The van der Waals surface area contributed by atoms with Crippen LogP contribution in [0, 0.1) is 5.82 Å². The van der Waals surface area contributed by atoms with Crippen molar-refractivity contribution in [1.82, 2.24) is 24.9 Å². The Hall–Kier alpha value is -3.56. The molecule has 0 radical (unpaired) electrons. The molecular formula is C26H29FN8. The summed E-state index contributed by atoms with van der Waals surface area (Å²) in [6.45, 7) is 4.20. The highest BCUT2D eigenvalue weighted by atomic mass is 19.1. The smallest absolute Gasteiger partial charge is 0.154 e. The van der Waals surface area contributed by atoms with Crippen LogP contribution >= 0.6 is 0 Å². The maximum Gasteiger partial charge on any atom is 0.154 e. The van der Waals surface area contributed by atoms with E-state index in [-0.39, 0.29) is 11.9 Å². The highest BCUT2D eigenvalue weighted by Gasteiger charge is 2.29. The number of aromatic nitrogens is 4. The minimum atomic E-state index is -0.204. The quantitative estimate of drug-likeness (QED) is 0.428. The highest BCUT2D eigenvalue weighted by Crippen LogP contribution is 2.35. The summed E-state index contributed by atoms with van der Waals surface area (Å²) in [5.74, 6) is 1.60. The number of hydrogen-bond donors (Lipinski definition) is 2. The minimum absolute atomic E-state index is 0.108. The lowest BCUT2D eigenvalue weighted by molar-refractivity contribution is 0.422. The number of fused-ring (bicyclic) bond motifs is 1. The molecule has 4 aromatic rings. The molecule has 2 aliphatic heterocycles. The van der Waals surface area contributed by atoms with E-state index in [1.807, 2.05) is 47.1 Å². The second-order valence-corrected chi connectivity index (χ2v) is 9.24. The van der Waals surface area contributed by atoms with Crippen LogP contribution < -0.4 is 20.9 Å². The zero-order chi connectivity index (χ0) is 23.8. The summed E-state index contributed by atoms with van der Waals surface area (Å²) in [7, 11) is 0. The van der Waals surface area contributed by atoms with Gasteiger partial charge in [0.25, 0.3) is 0 Å². The minimum Gasteiger partial charge on any atom is -0.353 e. The van der Waals surface area contributed by atoms with E-state index in [0.717, 1.165) is 73.3 Å². The Morgan fingerprint density at radius 2 is 1.94 bits per heavy atom. The fraction of sp³-hybridized carbons (Fsp3) is 0.346. The second-order valence-electron chi connectivity index (χ2n) is 9.24. The van der Waals surface area contributed by atoms with Crippen molar-refractivity contribution in [2.45, 2.75) is 24.9 Å². The predicted octanol–water partition coefficient (Wildman–Crippen LogP) is 3.01. The zero-order valence-electron chi connectivity index (χ0n) is 19.5. The molecule has 2 fully saturated rings. The van der Waals surface area contributed by atoms with Crippen LogP contribution in [0.1, 0.15) is 24.4 Å². The Bertz CT molecular complexity index is 1330. The molecule has 9 heteroatoms. The van der Waals surface area contributed by atoms with Crippen molar-refractivity contribution in [2.75, 3.05) is 42.5 Å². The van der Waals surface area contributed by atoms with E-state index in [0.29, 0.717) is 12.6 Å². The van der Waals surface area contributed by atoms with Crippen molar-refractivity contribution in [3.63, 3.8) is 0 Å². The van der Waals surface area contributed by atoms with Gasteiger partial charge in [0, 0.05) is 38.8 Å². The standard InChI is InChI=1S/C26H29FN8/c27-19-5-1-4-18(14-19)22-7-3-13-34(22)26-10-9-24-30-15-23(35(24)32-26)21-6-2-8-25(31-21)33-16-20(17-33)29-12-11-28/h1-2,4-6,8-10,14-15,20,22,29H,3,7,11-13,16-17,28H2/t22-/m1/s1. The number of pyridine rings is 1. The van der Waals surface area contributed by atoms with Gasteiger partial charge in [-0.2, -0.15) is 0 Å². The third-order valence-corrected chi connectivity index (χ3v) is 6.91. The van der Waals surface area contributed by atoms with Crippen LogP contribution in [0.4, 0.5) is 16.0 Å². The lowest BCUT2D eigenvalue weighted by Crippen LogP contribution is -2.59. The Balaban J connectivity index is 1.28. The second kappa shape index (κ2) is 9.24. The molecule has 1 aromatic carbocycles. The molecule has 35 heavy (non-hydrogen) atoms. The molecule has 0 bridgehead atoms. The number of nitrogens with two attached hydrogens (primary N) is 1. The maximum absolute atomic E-state index is 13.9. The molecule has 1 atom stereocenters. The van der Waals surface area contributed by atoms with Gasteiger partial charge in [-0.3, -0.25) is 0 Å². The van der Waals surface area contributed by atoms with Gasteiger partial charge in [-0.25, -0.2) is 18.9 Å². The number of halogens is 1. The Morgan fingerprint density at radius 1 is 1.06 bits per heavy atom. The van der Waals surface area contributed by atoms with Gasteiger partial charge in [-0.05, 0) is 54.8 Å². The lowest BCUT2D eigenvalue weighted by atomic mass is 10.0. The predicted molar refractivity (Wildman–Crippen MR) is 135 cm³/mol. The molecule has 2 aliphatic rings. The van der Waals surface area contributed by atoms with Crippen LogP contribution in [-0.4, -0.2) is 58.3 Å². The molecule has 3 aromatic heterocycles. The summed E-state index contributed by atoms with van der Waals surface area (Å²) in [6.07, 6.45) is 3.84. The zero-order valence-corrected chi connectivity index (χ0v) is 19.5. The van der Waals surface area contributed by atoms with Gasteiger partial charge >= 0.3 is 0 Å². The highest BCUT2D eigenvalue weighted by molar-refractivity contribution is 5.63. The monoisotopic (exact) mass is 472 g/mol. The van der Waals surface area contributed by atoms with Gasteiger partial charge in [-0.15, -0.1) is 5.10 Å². The van der Waals surface area contributed by atoms with Gasteiger partial charge in [0.15, 0.2) is 5.65 Å². The number of imidazole rings is 1. The van der Waals surface area contributed by atoms with Crippen LogP contribution in [0.3, 0.4) is 0 Å². The normalized spacial score (nSPS) is 18.4. The number of nitrogens with one attached hydrogen (secondary N) is 1. The molecule has 0 aliphatic carbocycles. The SMILES string of the molecule is NCCNC1CN(c2cccc(-c3cnc4ccc(N5CCC[C@@H]5c5cccc(F)c5)nn34)n2)C1. The van der Waals surface area contributed by atoms with Crippen LogP contribution in [0.2, 0.25) is 0 Å². The van der Waals surface area contributed by atoms with Gasteiger partial charge < -0.3 is 20.9 Å². The van der Waals surface area contributed by atoms with Crippen molar-refractivity contribution in [1.29, 1.82) is 0 Å². The summed E-state index contributed by atoms with van der Waals surface area (Å²) in [4.78, 5) is 14.0. The molecule has 180 valence electrons. The number of rotatable bonds is 7. The van der Waals surface area contributed by atoms with Crippen molar-refractivity contribution in [2.24, 2.45) is 5.73 Å². The lowest BCUT2D eigenvalue weighted by Gasteiger charge is -2.40. The van der Waals surface area contributed by atoms with Crippen molar-refractivity contribution < 1.29 is 4.39 Å². The van der Waals surface area contributed by atoms with Crippen LogP contribution in [0.5, 0.6) is 0 Å². The molecule has 0 spiro atoms. The van der Waals surface area contributed by atoms with Crippen LogP contribution in [0.15, 0.2) is 60.8 Å². The van der Waals surface area contributed by atoms with E-state index in [2.05, 4.69) is 20.1 Å². The van der Waals surface area contributed by atoms with E-state index < -0.39 is 0 Å². The summed E-state index contributed by atoms with van der Waals surface area (Å²) in [5, 5.41) is 8.40.